The molecule has 0 saturated carbocycles. The normalized spacial score (nSPS) is 11.7. The summed E-state index contributed by atoms with van der Waals surface area (Å²) in [4.78, 5) is 0. The van der Waals surface area contributed by atoms with Gasteiger partial charge in [-0.3, -0.25) is 6.08 Å². The Morgan fingerprint density at radius 3 is 1.62 bits per heavy atom. The molecule has 1 nitrogen and oxygen atoms in total. The first-order valence-electron chi connectivity index (χ1n) is 7.61. The van der Waals surface area contributed by atoms with Crippen LogP contribution in [0, 0.1) is 20.9 Å². The molecule has 0 aliphatic heterocycles. The fraction of sp³-hybridized carbons (Fsp3) is 0.217. The number of hydrogen-bond donors (Lipinski definition) is 0. The third-order valence-corrected chi connectivity index (χ3v) is 3.06. The van der Waals surface area contributed by atoms with Crippen LogP contribution in [-0.4, -0.2) is 16.5 Å². The molecule has 1 aliphatic carbocycles. The van der Waals surface area contributed by atoms with Crippen LogP contribution in [0.1, 0.15) is 38.3 Å². The summed E-state index contributed by atoms with van der Waals surface area (Å²) in [6.45, 7) is 5.56. The quantitative estimate of drug-likeness (QED) is 0.461. The van der Waals surface area contributed by atoms with Crippen LogP contribution in [0.2, 0.25) is 0 Å². The summed E-state index contributed by atoms with van der Waals surface area (Å²) in [5.74, 6) is 0. The topological polar surface area (TPSA) is 23.8 Å². The van der Waals surface area contributed by atoms with Crippen LogP contribution < -0.4 is 0 Å². The molecule has 138 valence electrons. The predicted molar refractivity (Wildman–Crippen MR) is 120 cm³/mol. The van der Waals surface area contributed by atoms with Gasteiger partial charge in [0.25, 0.3) is 0 Å². The zero-order chi connectivity index (χ0) is 16.0. The Kier molecular flexibility index (Phi) is 15.9. The van der Waals surface area contributed by atoms with E-state index in [-0.39, 0.29) is 53.1 Å². The summed E-state index contributed by atoms with van der Waals surface area (Å²) in [6, 6.07) is 21.1. The van der Waals surface area contributed by atoms with Crippen molar-refractivity contribution in [3.05, 3.63) is 105 Å². The Labute approximate surface area is 180 Å². The molecule has 0 unspecified atom stereocenters. The minimum atomic E-state index is -0.250. The maximum absolute atomic E-state index is 6.94. The van der Waals surface area contributed by atoms with Crippen LogP contribution in [0.25, 0.3) is 16.9 Å². The van der Waals surface area contributed by atoms with E-state index in [2.05, 4.69) is 72.8 Å². The van der Waals surface area contributed by atoms with Crippen molar-refractivity contribution in [1.29, 1.82) is 0 Å². The van der Waals surface area contributed by atoms with Crippen molar-refractivity contribution in [3.63, 3.8) is 0 Å². The van der Waals surface area contributed by atoms with Gasteiger partial charge in [0, 0.05) is 0 Å². The Hall–Kier alpha value is -1.19. The van der Waals surface area contributed by atoms with Crippen molar-refractivity contribution in [2.45, 2.75) is 32.7 Å². The van der Waals surface area contributed by atoms with Crippen molar-refractivity contribution in [1.82, 2.24) is 0 Å². The van der Waals surface area contributed by atoms with Crippen LogP contribution in [0.4, 0.5) is 0 Å². The standard InChI is InChI=1S/C17H13.C4H10N.2CH3.H4Si.Ti/c1-3-8-14(9-4-1)16-12-7-13-17(16)15-10-5-2-6-11-15;1-4(2,3)5;;;;/h1-6,8-12H,13H2;5H,1-3H3;2*1H3;1H4;/q4*-1;;+4. The van der Waals surface area contributed by atoms with E-state index < -0.39 is 0 Å². The van der Waals surface area contributed by atoms with Crippen molar-refractivity contribution in [2.75, 3.05) is 0 Å². The molecule has 3 rings (SSSR count). The van der Waals surface area contributed by atoms with Crippen LogP contribution >= 0.6 is 0 Å². The SMILES string of the molecule is CC(C)(C)[NH-].[C-]1=CC(c2ccccc2)=C(c2ccccc2)C1.[CH3-].[CH3-].[SiH4].[Ti+4]. The van der Waals surface area contributed by atoms with Gasteiger partial charge in [-0.15, -0.1) is 23.1 Å². The fourth-order valence-corrected chi connectivity index (χ4v) is 2.21. The summed E-state index contributed by atoms with van der Waals surface area (Å²) in [5, 5.41) is 0. The molecule has 26 heavy (non-hydrogen) atoms. The van der Waals surface area contributed by atoms with Gasteiger partial charge in [-0.2, -0.15) is 5.57 Å². The average Bonchev–Trinajstić information content (AvgIpc) is 2.97. The molecule has 1 N–H and O–H groups in total. The van der Waals surface area contributed by atoms with Crippen molar-refractivity contribution in [3.8, 4) is 0 Å². The Bertz CT molecular complexity index is 650. The molecule has 0 heterocycles. The van der Waals surface area contributed by atoms with Gasteiger partial charge < -0.3 is 20.6 Å². The molecule has 0 bridgehead atoms. The summed E-state index contributed by atoms with van der Waals surface area (Å²) in [5.41, 5.74) is 11.9. The summed E-state index contributed by atoms with van der Waals surface area (Å²) in [6.07, 6.45) is 6.34. The molecule has 0 radical (unpaired) electrons. The molecule has 0 spiro atoms. The Morgan fingerprint density at radius 2 is 1.19 bits per heavy atom. The third kappa shape index (κ3) is 10.1. The fourth-order valence-electron chi connectivity index (χ4n) is 2.21. The van der Waals surface area contributed by atoms with E-state index in [9.17, 15) is 0 Å². The first kappa shape index (κ1) is 29.6. The van der Waals surface area contributed by atoms with Gasteiger partial charge in [0.1, 0.15) is 0 Å². The molecule has 2 aromatic carbocycles. The minimum absolute atomic E-state index is 0. The van der Waals surface area contributed by atoms with Gasteiger partial charge in [0.15, 0.2) is 0 Å². The van der Waals surface area contributed by atoms with Gasteiger partial charge in [0.2, 0.25) is 0 Å². The van der Waals surface area contributed by atoms with Crippen LogP contribution in [-0.2, 0) is 21.7 Å². The van der Waals surface area contributed by atoms with E-state index >= 15 is 0 Å². The molecule has 1 aliphatic rings. The van der Waals surface area contributed by atoms with E-state index in [1.165, 1.54) is 22.3 Å². The molecule has 3 heteroatoms. The number of benzene rings is 2. The molecule has 0 aromatic heterocycles. The van der Waals surface area contributed by atoms with E-state index in [1.807, 2.05) is 20.8 Å². The summed E-state index contributed by atoms with van der Waals surface area (Å²) < 4.78 is 0. The summed E-state index contributed by atoms with van der Waals surface area (Å²) >= 11 is 0. The van der Waals surface area contributed by atoms with E-state index in [4.69, 9.17) is 5.73 Å². The molecule has 0 saturated heterocycles. The van der Waals surface area contributed by atoms with Crippen molar-refractivity contribution in [2.24, 2.45) is 0 Å². The maximum Gasteiger partial charge on any atom is 4.00 e. The van der Waals surface area contributed by atoms with Crippen molar-refractivity contribution < 1.29 is 21.7 Å². The first-order chi connectivity index (χ1) is 10.4. The largest absolute Gasteiger partial charge is 4.00 e. The Balaban J connectivity index is -0.000000529. The maximum atomic E-state index is 6.94. The second-order valence-corrected chi connectivity index (χ2v) is 6.40. The molecular formula is C23H33NSiTi. The van der Waals surface area contributed by atoms with Crippen LogP contribution in [0.15, 0.2) is 66.7 Å². The average molecular weight is 399 g/mol. The second-order valence-electron chi connectivity index (χ2n) is 6.40. The molecular weight excluding hydrogens is 366 g/mol. The predicted octanol–water partition coefficient (Wildman–Crippen LogP) is 5.64. The van der Waals surface area contributed by atoms with E-state index in [0.717, 1.165) is 6.42 Å². The zero-order valence-corrected chi connectivity index (χ0v) is 17.6. The molecule has 2 aromatic rings. The Morgan fingerprint density at radius 1 is 0.808 bits per heavy atom. The molecule has 0 amide bonds. The molecule has 0 fully saturated rings. The van der Waals surface area contributed by atoms with E-state index in [1.54, 1.807) is 0 Å². The molecule has 0 atom stereocenters. The number of rotatable bonds is 2. The van der Waals surface area contributed by atoms with Gasteiger partial charge in [-0.25, -0.2) is 6.08 Å². The second kappa shape index (κ2) is 13.9. The van der Waals surface area contributed by atoms with Gasteiger partial charge in [0.05, 0.1) is 0 Å². The van der Waals surface area contributed by atoms with Crippen molar-refractivity contribution >= 4 is 22.1 Å². The van der Waals surface area contributed by atoms with E-state index in [0.29, 0.717) is 0 Å². The van der Waals surface area contributed by atoms with Gasteiger partial charge in [-0.1, -0.05) is 81.4 Å². The smallest absolute Gasteiger partial charge is 0.673 e. The third-order valence-electron chi connectivity index (χ3n) is 3.06. The van der Waals surface area contributed by atoms with Crippen LogP contribution in [0.5, 0.6) is 0 Å². The minimum Gasteiger partial charge on any atom is -0.673 e. The number of allylic oxidation sites excluding steroid dienone is 4. The monoisotopic (exact) mass is 399 g/mol. The zero-order valence-electron chi connectivity index (χ0n) is 16.1. The number of nitrogens with one attached hydrogen (secondary N) is 1. The van der Waals surface area contributed by atoms with Gasteiger partial charge >= 0.3 is 21.7 Å². The first-order valence-corrected chi connectivity index (χ1v) is 7.61. The number of hydrogen-bond acceptors (Lipinski definition) is 0. The van der Waals surface area contributed by atoms with Gasteiger partial charge in [-0.05, 0) is 16.5 Å². The van der Waals surface area contributed by atoms with Crippen LogP contribution in [0.3, 0.4) is 0 Å². The summed E-state index contributed by atoms with van der Waals surface area (Å²) in [7, 11) is 0.